The zero-order valence-corrected chi connectivity index (χ0v) is 15.0. The maximum Gasteiger partial charge on any atom is 0.285 e. The van der Waals surface area contributed by atoms with Crippen LogP contribution in [-0.4, -0.2) is 13.0 Å². The van der Waals surface area contributed by atoms with E-state index in [-0.39, 0.29) is 4.90 Å². The Balaban J connectivity index is 2.22. The Morgan fingerprint density at radius 3 is 2.52 bits per heavy atom. The van der Waals surface area contributed by atoms with Gasteiger partial charge in [0.05, 0.1) is 15.1 Å². The molecular formula is C16H15ClN2O2S2. The number of halogens is 1. The zero-order chi connectivity index (χ0) is 16.6. The summed E-state index contributed by atoms with van der Waals surface area (Å²) >= 11 is 7.19. The number of fused-ring (bicyclic) bond motifs is 1. The fourth-order valence-corrected chi connectivity index (χ4v) is 4.84. The molecule has 0 aliphatic carbocycles. The highest BCUT2D eigenvalue weighted by molar-refractivity contribution is 7.90. The van der Waals surface area contributed by atoms with E-state index in [0.29, 0.717) is 16.4 Å². The van der Waals surface area contributed by atoms with Crippen LogP contribution in [0.1, 0.15) is 12.5 Å². The molecule has 1 heterocycles. The first kappa shape index (κ1) is 16.2. The number of rotatable bonds is 3. The molecular weight excluding hydrogens is 352 g/mol. The molecule has 3 rings (SSSR count). The molecule has 0 aliphatic rings. The summed E-state index contributed by atoms with van der Waals surface area (Å²) in [6.45, 7) is 4.63. The van der Waals surface area contributed by atoms with Crippen LogP contribution in [0.15, 0.2) is 51.8 Å². The second-order valence-corrected chi connectivity index (χ2v) is 8.17. The first-order valence-corrected chi connectivity index (χ1v) is 9.71. The smallest absolute Gasteiger partial charge is 0.285 e. The number of nitrogens with zero attached hydrogens (tertiary/aromatic N) is 2. The topological polar surface area (TPSA) is 51.4 Å². The highest BCUT2D eigenvalue weighted by atomic mass is 35.5. The van der Waals surface area contributed by atoms with Crippen molar-refractivity contribution in [2.75, 3.05) is 0 Å². The van der Waals surface area contributed by atoms with Crippen molar-refractivity contribution < 1.29 is 8.42 Å². The molecule has 4 nitrogen and oxygen atoms in total. The number of thiazole rings is 1. The molecule has 0 amide bonds. The summed E-state index contributed by atoms with van der Waals surface area (Å²) < 4.78 is 32.0. The molecule has 0 unspecified atom stereocenters. The molecule has 0 aliphatic heterocycles. The van der Waals surface area contributed by atoms with Gasteiger partial charge in [-0.25, -0.2) is 0 Å². The van der Waals surface area contributed by atoms with Crippen molar-refractivity contribution in [3.05, 3.63) is 57.9 Å². The van der Waals surface area contributed by atoms with Gasteiger partial charge in [-0.05, 0) is 55.8 Å². The predicted octanol–water partition coefficient (Wildman–Crippen LogP) is 3.97. The molecule has 7 heteroatoms. The SMILES string of the molecule is CCn1c(=NS(=O)(=O)c2ccc(Cl)cc2)sc2cc(C)ccc21. The lowest BCUT2D eigenvalue weighted by Crippen LogP contribution is -2.16. The molecule has 0 saturated carbocycles. The summed E-state index contributed by atoms with van der Waals surface area (Å²) in [5.74, 6) is 0. The third-order valence-corrected chi connectivity index (χ3v) is 6.15. The minimum atomic E-state index is -3.76. The van der Waals surface area contributed by atoms with E-state index in [9.17, 15) is 8.42 Å². The maximum absolute atomic E-state index is 12.5. The fraction of sp³-hybridized carbons (Fsp3) is 0.188. The Morgan fingerprint density at radius 1 is 1.17 bits per heavy atom. The Labute approximate surface area is 143 Å². The van der Waals surface area contributed by atoms with Crippen molar-refractivity contribution in [1.82, 2.24) is 4.57 Å². The van der Waals surface area contributed by atoms with Crippen molar-refractivity contribution in [1.29, 1.82) is 0 Å². The van der Waals surface area contributed by atoms with E-state index in [1.165, 1.54) is 23.5 Å². The average Bonchev–Trinajstić information content (AvgIpc) is 2.82. The van der Waals surface area contributed by atoms with E-state index >= 15 is 0 Å². The third-order valence-electron chi connectivity index (χ3n) is 3.46. The largest absolute Gasteiger partial charge is 0.316 e. The van der Waals surface area contributed by atoms with E-state index in [0.717, 1.165) is 15.8 Å². The van der Waals surface area contributed by atoms with Gasteiger partial charge in [0.1, 0.15) is 0 Å². The maximum atomic E-state index is 12.5. The fourth-order valence-electron chi connectivity index (χ4n) is 2.32. The standard InChI is InChI=1S/C16H15ClN2O2S2/c1-3-19-14-9-4-11(2)10-15(14)22-16(19)18-23(20,21)13-7-5-12(17)6-8-13/h4-10H,3H2,1-2H3. The first-order valence-electron chi connectivity index (χ1n) is 7.07. The predicted molar refractivity (Wildman–Crippen MR) is 94.4 cm³/mol. The van der Waals surface area contributed by atoms with E-state index in [1.807, 2.05) is 36.6 Å². The summed E-state index contributed by atoms with van der Waals surface area (Å²) in [5.41, 5.74) is 2.13. The molecule has 1 aromatic heterocycles. The van der Waals surface area contributed by atoms with Crippen LogP contribution < -0.4 is 4.80 Å². The van der Waals surface area contributed by atoms with Crippen LogP contribution in [0.5, 0.6) is 0 Å². The molecule has 2 aromatic carbocycles. The number of aryl methyl sites for hydroxylation is 2. The van der Waals surface area contributed by atoms with Crippen molar-refractivity contribution in [3.8, 4) is 0 Å². The van der Waals surface area contributed by atoms with Crippen LogP contribution in [0.3, 0.4) is 0 Å². The number of hydrogen-bond donors (Lipinski definition) is 0. The zero-order valence-electron chi connectivity index (χ0n) is 12.7. The van der Waals surface area contributed by atoms with Gasteiger partial charge in [0.2, 0.25) is 4.80 Å². The van der Waals surface area contributed by atoms with Gasteiger partial charge in [-0.3, -0.25) is 0 Å². The molecule has 0 atom stereocenters. The van der Waals surface area contributed by atoms with Crippen molar-refractivity contribution >= 4 is 43.2 Å². The average molecular weight is 367 g/mol. The summed E-state index contributed by atoms with van der Waals surface area (Å²) in [6.07, 6.45) is 0. The number of benzene rings is 2. The highest BCUT2D eigenvalue weighted by Crippen LogP contribution is 2.20. The van der Waals surface area contributed by atoms with Crippen molar-refractivity contribution in [2.24, 2.45) is 4.40 Å². The Morgan fingerprint density at radius 2 is 1.87 bits per heavy atom. The van der Waals surface area contributed by atoms with Crippen LogP contribution in [0.2, 0.25) is 5.02 Å². The van der Waals surface area contributed by atoms with Crippen LogP contribution >= 0.6 is 22.9 Å². The second kappa shape index (κ2) is 6.11. The summed E-state index contributed by atoms with van der Waals surface area (Å²) in [4.78, 5) is 0.612. The highest BCUT2D eigenvalue weighted by Gasteiger charge is 2.14. The molecule has 0 fully saturated rings. The lowest BCUT2D eigenvalue weighted by molar-refractivity contribution is 0.595. The molecule has 0 N–H and O–H groups in total. The number of aromatic nitrogens is 1. The summed E-state index contributed by atoms with van der Waals surface area (Å²) in [5, 5.41) is 0.491. The second-order valence-electron chi connectivity index (χ2n) is 5.12. The number of sulfonamides is 1. The van der Waals surface area contributed by atoms with Crippen LogP contribution in [0.4, 0.5) is 0 Å². The quantitative estimate of drug-likeness (QED) is 0.704. The molecule has 0 bridgehead atoms. The minimum absolute atomic E-state index is 0.137. The van der Waals surface area contributed by atoms with Gasteiger partial charge in [-0.2, -0.15) is 8.42 Å². The molecule has 3 aromatic rings. The van der Waals surface area contributed by atoms with Crippen LogP contribution in [0, 0.1) is 6.92 Å². The van der Waals surface area contributed by atoms with Gasteiger partial charge in [0, 0.05) is 11.6 Å². The molecule has 0 radical (unpaired) electrons. The minimum Gasteiger partial charge on any atom is -0.316 e. The van der Waals surface area contributed by atoms with Gasteiger partial charge in [-0.1, -0.05) is 29.0 Å². The van der Waals surface area contributed by atoms with Gasteiger partial charge in [-0.15, -0.1) is 4.40 Å². The third kappa shape index (κ3) is 3.20. The number of hydrogen-bond acceptors (Lipinski definition) is 3. The lowest BCUT2D eigenvalue weighted by atomic mass is 10.2. The van der Waals surface area contributed by atoms with E-state index in [4.69, 9.17) is 11.6 Å². The van der Waals surface area contributed by atoms with Gasteiger partial charge in [0.25, 0.3) is 10.0 Å². The first-order chi connectivity index (χ1) is 10.9. The molecule has 0 saturated heterocycles. The molecule has 23 heavy (non-hydrogen) atoms. The summed E-state index contributed by atoms with van der Waals surface area (Å²) in [7, 11) is -3.76. The Hall–Kier alpha value is -1.63. The normalized spacial score (nSPS) is 12.9. The van der Waals surface area contributed by atoms with Gasteiger partial charge < -0.3 is 4.57 Å². The van der Waals surface area contributed by atoms with Crippen molar-refractivity contribution in [2.45, 2.75) is 25.3 Å². The van der Waals surface area contributed by atoms with Gasteiger partial charge in [0.15, 0.2) is 0 Å². The van der Waals surface area contributed by atoms with E-state index in [2.05, 4.69) is 4.40 Å². The monoisotopic (exact) mass is 366 g/mol. The van der Waals surface area contributed by atoms with E-state index < -0.39 is 10.0 Å². The Bertz CT molecular complexity index is 1030. The summed E-state index contributed by atoms with van der Waals surface area (Å²) in [6, 6.07) is 12.1. The van der Waals surface area contributed by atoms with Crippen LogP contribution in [0.25, 0.3) is 10.2 Å². The van der Waals surface area contributed by atoms with E-state index in [1.54, 1.807) is 12.1 Å². The van der Waals surface area contributed by atoms with Gasteiger partial charge >= 0.3 is 0 Å². The molecule has 0 spiro atoms. The Kier molecular flexibility index (Phi) is 4.31. The van der Waals surface area contributed by atoms with Crippen molar-refractivity contribution in [3.63, 3.8) is 0 Å². The molecule has 120 valence electrons. The lowest BCUT2D eigenvalue weighted by Gasteiger charge is -2.01. The van der Waals surface area contributed by atoms with Crippen LogP contribution in [-0.2, 0) is 16.6 Å².